The summed E-state index contributed by atoms with van der Waals surface area (Å²) in [7, 11) is 0. The van der Waals surface area contributed by atoms with E-state index in [2.05, 4.69) is 80.0 Å². The Morgan fingerprint density at radius 2 is 1.64 bits per heavy atom. The Bertz CT molecular complexity index is 1100. The Balaban J connectivity index is 1.05. The molecule has 0 bridgehead atoms. The van der Waals surface area contributed by atoms with Crippen LogP contribution in [0.15, 0.2) is 119 Å². The standard InChI is InChI=1S/C33H36/c1-22(30-17-23(2)32-6-4-3-5-29(32)21-30)7-8-25-19-28-11-9-24(18-31(28)20-25)10-16-33(26-12-13-26)27-14-15-27/h3-6,9,11,17-21,26-27,31-33H,1-2,7-8,10,12-16H2. The van der Waals surface area contributed by atoms with Gasteiger partial charge in [0.2, 0.25) is 0 Å². The molecule has 0 saturated heterocycles. The van der Waals surface area contributed by atoms with Gasteiger partial charge in [-0.3, -0.25) is 0 Å². The van der Waals surface area contributed by atoms with E-state index >= 15 is 0 Å². The van der Waals surface area contributed by atoms with E-state index in [0.717, 1.165) is 30.6 Å². The van der Waals surface area contributed by atoms with E-state index in [1.54, 1.807) is 5.57 Å². The van der Waals surface area contributed by atoms with E-state index in [0.29, 0.717) is 11.8 Å². The van der Waals surface area contributed by atoms with Crippen molar-refractivity contribution in [3.63, 3.8) is 0 Å². The van der Waals surface area contributed by atoms with E-state index in [1.165, 1.54) is 72.0 Å². The highest BCUT2D eigenvalue weighted by molar-refractivity contribution is 5.56. The molecule has 6 aliphatic rings. The molecule has 0 heterocycles. The van der Waals surface area contributed by atoms with Gasteiger partial charge in [-0.15, -0.1) is 0 Å². The summed E-state index contributed by atoms with van der Waals surface area (Å²) in [6, 6.07) is 0. The molecule has 33 heavy (non-hydrogen) atoms. The van der Waals surface area contributed by atoms with Crippen LogP contribution < -0.4 is 0 Å². The second-order valence-corrected chi connectivity index (χ2v) is 11.0. The lowest BCUT2D eigenvalue weighted by molar-refractivity contribution is 0.378. The Morgan fingerprint density at radius 3 is 2.42 bits per heavy atom. The summed E-state index contributed by atoms with van der Waals surface area (Å²) >= 11 is 0. The van der Waals surface area contributed by atoms with E-state index < -0.39 is 0 Å². The summed E-state index contributed by atoms with van der Waals surface area (Å²) in [5, 5.41) is 0. The molecular weight excluding hydrogens is 396 g/mol. The van der Waals surface area contributed by atoms with Crippen LogP contribution in [0.1, 0.15) is 51.4 Å². The van der Waals surface area contributed by atoms with Gasteiger partial charge in [-0.05, 0) is 97.0 Å². The fourth-order valence-electron chi connectivity index (χ4n) is 6.23. The van der Waals surface area contributed by atoms with Crippen LogP contribution in [-0.4, -0.2) is 0 Å². The van der Waals surface area contributed by atoms with Gasteiger partial charge in [-0.1, -0.05) is 91.1 Å². The lowest BCUT2D eigenvalue weighted by Gasteiger charge is -2.24. The topological polar surface area (TPSA) is 0 Å². The maximum Gasteiger partial charge on any atom is 0.0267 e. The van der Waals surface area contributed by atoms with Gasteiger partial charge in [0.1, 0.15) is 0 Å². The van der Waals surface area contributed by atoms with Crippen molar-refractivity contribution in [2.45, 2.75) is 51.4 Å². The highest BCUT2D eigenvalue weighted by Gasteiger charge is 2.40. The van der Waals surface area contributed by atoms with Crippen LogP contribution in [0.2, 0.25) is 0 Å². The average Bonchev–Trinajstić information content (AvgIpc) is 3.76. The first-order valence-corrected chi connectivity index (χ1v) is 13.1. The zero-order valence-electron chi connectivity index (χ0n) is 19.8. The summed E-state index contributed by atoms with van der Waals surface area (Å²) in [6.45, 7) is 8.72. The van der Waals surface area contributed by atoms with E-state index in [9.17, 15) is 0 Å². The molecule has 2 fully saturated rings. The third kappa shape index (κ3) is 4.58. The van der Waals surface area contributed by atoms with Crippen LogP contribution in [0.25, 0.3) is 0 Å². The normalized spacial score (nSPS) is 27.5. The molecule has 0 aliphatic heterocycles. The minimum absolute atomic E-state index is 0.341. The monoisotopic (exact) mass is 432 g/mol. The lowest BCUT2D eigenvalue weighted by Crippen LogP contribution is -2.09. The highest BCUT2D eigenvalue weighted by atomic mass is 14.5. The van der Waals surface area contributed by atoms with Gasteiger partial charge in [0.25, 0.3) is 0 Å². The fraction of sp³-hybridized carbons (Fsp3) is 0.394. The molecule has 0 amide bonds. The molecular formula is C33H36. The van der Waals surface area contributed by atoms with E-state index in [1.807, 2.05) is 0 Å². The van der Waals surface area contributed by atoms with Crippen molar-refractivity contribution in [1.29, 1.82) is 0 Å². The summed E-state index contributed by atoms with van der Waals surface area (Å²) < 4.78 is 0. The second kappa shape index (κ2) is 8.64. The Kier molecular flexibility index (Phi) is 5.49. The van der Waals surface area contributed by atoms with Crippen LogP contribution in [0.4, 0.5) is 0 Å². The van der Waals surface area contributed by atoms with Gasteiger partial charge in [0.15, 0.2) is 0 Å². The molecule has 0 aromatic carbocycles. The Labute approximate surface area is 199 Å². The molecule has 0 aromatic rings. The molecule has 6 aliphatic carbocycles. The predicted octanol–water partition coefficient (Wildman–Crippen LogP) is 8.68. The Morgan fingerprint density at radius 1 is 0.848 bits per heavy atom. The van der Waals surface area contributed by atoms with Crippen molar-refractivity contribution >= 4 is 0 Å². The quantitative estimate of drug-likeness (QED) is 0.342. The SMILES string of the molecule is C=C(CCC1=CC2C=C(CCC(C3CC3)C3CC3)C=CC2=C1)C1=CC(=C)C2C=CC=CC2=C1. The highest BCUT2D eigenvalue weighted by Crippen LogP contribution is 2.51. The molecule has 0 spiro atoms. The first kappa shape index (κ1) is 21.0. The molecule has 2 unspecified atom stereocenters. The third-order valence-corrected chi connectivity index (χ3v) is 8.48. The van der Waals surface area contributed by atoms with Crippen LogP contribution in [0.3, 0.4) is 0 Å². The first-order chi connectivity index (χ1) is 16.1. The van der Waals surface area contributed by atoms with Crippen molar-refractivity contribution in [3.05, 3.63) is 119 Å². The van der Waals surface area contributed by atoms with Gasteiger partial charge in [0.05, 0.1) is 0 Å². The van der Waals surface area contributed by atoms with Gasteiger partial charge in [0, 0.05) is 11.8 Å². The third-order valence-electron chi connectivity index (χ3n) is 8.48. The maximum absolute atomic E-state index is 4.42. The average molecular weight is 433 g/mol. The summed E-state index contributed by atoms with van der Waals surface area (Å²) in [5.41, 5.74) is 9.47. The minimum Gasteiger partial charge on any atom is -0.0952 e. The molecule has 0 aromatic heterocycles. The zero-order valence-corrected chi connectivity index (χ0v) is 19.8. The van der Waals surface area contributed by atoms with E-state index in [-0.39, 0.29) is 0 Å². The lowest BCUT2D eigenvalue weighted by atomic mass is 9.80. The maximum atomic E-state index is 4.42. The molecule has 0 heteroatoms. The molecule has 168 valence electrons. The summed E-state index contributed by atoms with van der Waals surface area (Å²) in [6.07, 6.45) is 36.2. The molecule has 0 N–H and O–H groups in total. The predicted molar refractivity (Wildman–Crippen MR) is 141 cm³/mol. The minimum atomic E-state index is 0.341. The van der Waals surface area contributed by atoms with Crippen molar-refractivity contribution in [3.8, 4) is 0 Å². The zero-order chi connectivity index (χ0) is 22.4. The van der Waals surface area contributed by atoms with Crippen molar-refractivity contribution in [2.24, 2.45) is 29.6 Å². The molecule has 2 saturated carbocycles. The number of rotatable bonds is 9. The molecule has 0 radical (unpaired) electrons. The van der Waals surface area contributed by atoms with Gasteiger partial charge in [-0.2, -0.15) is 0 Å². The fourth-order valence-corrected chi connectivity index (χ4v) is 6.23. The van der Waals surface area contributed by atoms with Crippen LogP contribution in [0, 0.1) is 29.6 Å². The van der Waals surface area contributed by atoms with Gasteiger partial charge in [-0.25, -0.2) is 0 Å². The number of hydrogen-bond acceptors (Lipinski definition) is 0. The number of fused-ring (bicyclic) bond motifs is 2. The van der Waals surface area contributed by atoms with Crippen molar-refractivity contribution in [1.82, 2.24) is 0 Å². The molecule has 2 atom stereocenters. The van der Waals surface area contributed by atoms with Crippen molar-refractivity contribution < 1.29 is 0 Å². The van der Waals surface area contributed by atoms with Crippen LogP contribution in [-0.2, 0) is 0 Å². The largest absolute Gasteiger partial charge is 0.0952 e. The van der Waals surface area contributed by atoms with Gasteiger partial charge < -0.3 is 0 Å². The number of hydrogen-bond donors (Lipinski definition) is 0. The summed E-state index contributed by atoms with van der Waals surface area (Å²) in [4.78, 5) is 0. The Hall–Kier alpha value is -2.60. The molecule has 6 rings (SSSR count). The smallest absolute Gasteiger partial charge is 0.0267 e. The number of allylic oxidation sites excluding steroid dienone is 18. The van der Waals surface area contributed by atoms with Gasteiger partial charge >= 0.3 is 0 Å². The van der Waals surface area contributed by atoms with Crippen LogP contribution >= 0.6 is 0 Å². The first-order valence-electron chi connectivity index (χ1n) is 13.1. The molecule has 0 nitrogen and oxygen atoms in total. The van der Waals surface area contributed by atoms with Crippen LogP contribution in [0.5, 0.6) is 0 Å². The van der Waals surface area contributed by atoms with Crippen molar-refractivity contribution in [2.75, 3.05) is 0 Å². The summed E-state index contributed by atoms with van der Waals surface area (Å²) in [5.74, 6) is 3.98. The van der Waals surface area contributed by atoms with E-state index in [4.69, 9.17) is 0 Å². The second-order valence-electron chi connectivity index (χ2n) is 11.0.